The van der Waals surface area contributed by atoms with Crippen molar-refractivity contribution in [3.63, 3.8) is 0 Å². The maximum Gasteiger partial charge on any atom is 0.255 e. The van der Waals surface area contributed by atoms with Gasteiger partial charge >= 0.3 is 0 Å². The molecule has 1 aliphatic heterocycles. The summed E-state index contributed by atoms with van der Waals surface area (Å²) < 4.78 is 0. The molecule has 1 amide bonds. The van der Waals surface area contributed by atoms with Crippen LogP contribution >= 0.6 is 0 Å². The molecule has 0 N–H and O–H groups in total. The van der Waals surface area contributed by atoms with E-state index < -0.39 is 6.04 Å². The standard InChI is InChI=1S/C18H17NO2/c1-12(2)19-16(17(20)13-8-4-3-5-9-13)14-10-6-7-11-15(14)18(19)21/h3-12,16H,1-2H3. The highest BCUT2D eigenvalue weighted by Crippen LogP contribution is 2.37. The van der Waals surface area contributed by atoms with E-state index in [0.29, 0.717) is 11.1 Å². The van der Waals surface area contributed by atoms with Crippen molar-refractivity contribution in [2.24, 2.45) is 0 Å². The third-order valence-corrected chi connectivity index (χ3v) is 3.86. The molecule has 0 saturated carbocycles. The van der Waals surface area contributed by atoms with Crippen LogP contribution < -0.4 is 0 Å². The van der Waals surface area contributed by atoms with Crippen LogP contribution in [-0.2, 0) is 0 Å². The van der Waals surface area contributed by atoms with Gasteiger partial charge in [0.1, 0.15) is 6.04 Å². The first-order chi connectivity index (χ1) is 10.1. The van der Waals surface area contributed by atoms with Crippen molar-refractivity contribution in [2.75, 3.05) is 0 Å². The topological polar surface area (TPSA) is 37.4 Å². The summed E-state index contributed by atoms with van der Waals surface area (Å²) in [7, 11) is 0. The minimum absolute atomic E-state index is 0.0254. The second-order valence-corrected chi connectivity index (χ2v) is 5.53. The van der Waals surface area contributed by atoms with E-state index in [1.807, 2.05) is 50.2 Å². The highest BCUT2D eigenvalue weighted by atomic mass is 16.2. The molecule has 3 nitrogen and oxygen atoms in total. The highest BCUT2D eigenvalue weighted by Gasteiger charge is 2.42. The van der Waals surface area contributed by atoms with E-state index in [1.165, 1.54) is 0 Å². The molecule has 0 fully saturated rings. The van der Waals surface area contributed by atoms with Gasteiger partial charge in [-0.25, -0.2) is 0 Å². The monoisotopic (exact) mass is 279 g/mol. The Morgan fingerprint density at radius 3 is 2.29 bits per heavy atom. The maximum atomic E-state index is 12.9. The lowest BCUT2D eigenvalue weighted by atomic mass is 9.96. The third kappa shape index (κ3) is 2.15. The fourth-order valence-corrected chi connectivity index (χ4v) is 2.90. The summed E-state index contributed by atoms with van der Waals surface area (Å²) in [6.45, 7) is 3.88. The number of benzene rings is 2. The summed E-state index contributed by atoms with van der Waals surface area (Å²) in [5.74, 6) is -0.0857. The van der Waals surface area contributed by atoms with Gasteiger partial charge in [-0.05, 0) is 25.5 Å². The summed E-state index contributed by atoms with van der Waals surface area (Å²) in [5, 5.41) is 0. The van der Waals surface area contributed by atoms with Gasteiger partial charge in [0.15, 0.2) is 5.78 Å². The Morgan fingerprint density at radius 2 is 1.62 bits per heavy atom. The maximum absolute atomic E-state index is 12.9. The quantitative estimate of drug-likeness (QED) is 0.807. The molecule has 21 heavy (non-hydrogen) atoms. The number of Topliss-reactive ketones (excluding diaryl/α,β-unsaturated/α-hetero) is 1. The van der Waals surface area contributed by atoms with Gasteiger partial charge in [-0.15, -0.1) is 0 Å². The number of carbonyl (C=O) groups excluding carboxylic acids is 2. The Bertz CT molecular complexity index is 691. The van der Waals surface area contributed by atoms with Crippen molar-refractivity contribution in [1.82, 2.24) is 4.90 Å². The summed E-state index contributed by atoms with van der Waals surface area (Å²) in [4.78, 5) is 27.1. The molecule has 3 rings (SSSR count). The van der Waals surface area contributed by atoms with Crippen molar-refractivity contribution in [2.45, 2.75) is 25.9 Å². The SMILES string of the molecule is CC(C)N1C(=O)c2ccccc2C1C(=O)c1ccccc1. The Kier molecular flexibility index (Phi) is 3.34. The van der Waals surface area contributed by atoms with Crippen LogP contribution in [-0.4, -0.2) is 22.6 Å². The molecule has 1 aliphatic rings. The lowest BCUT2D eigenvalue weighted by molar-refractivity contribution is 0.0597. The largest absolute Gasteiger partial charge is 0.322 e. The van der Waals surface area contributed by atoms with Crippen molar-refractivity contribution in [1.29, 1.82) is 0 Å². The van der Waals surface area contributed by atoms with E-state index in [2.05, 4.69) is 0 Å². The molecule has 0 spiro atoms. The van der Waals surface area contributed by atoms with E-state index >= 15 is 0 Å². The van der Waals surface area contributed by atoms with Gasteiger partial charge in [-0.2, -0.15) is 0 Å². The van der Waals surface area contributed by atoms with E-state index in [9.17, 15) is 9.59 Å². The second kappa shape index (κ2) is 5.17. The Labute approximate surface area is 124 Å². The van der Waals surface area contributed by atoms with E-state index in [-0.39, 0.29) is 17.7 Å². The number of rotatable bonds is 3. The van der Waals surface area contributed by atoms with Crippen molar-refractivity contribution >= 4 is 11.7 Å². The van der Waals surface area contributed by atoms with E-state index in [1.54, 1.807) is 23.1 Å². The predicted octanol–water partition coefficient (Wildman–Crippen LogP) is 3.47. The molecule has 2 aromatic rings. The Hall–Kier alpha value is -2.42. The average molecular weight is 279 g/mol. The third-order valence-electron chi connectivity index (χ3n) is 3.86. The van der Waals surface area contributed by atoms with Crippen LogP contribution in [0.25, 0.3) is 0 Å². The first kappa shape index (κ1) is 13.6. The first-order valence-corrected chi connectivity index (χ1v) is 7.12. The van der Waals surface area contributed by atoms with Gasteiger partial charge in [0.25, 0.3) is 5.91 Å². The number of ketones is 1. The molecule has 0 aromatic heterocycles. The number of amides is 1. The lowest BCUT2D eigenvalue weighted by Crippen LogP contribution is -2.38. The zero-order valence-corrected chi connectivity index (χ0v) is 12.1. The van der Waals surface area contributed by atoms with E-state index in [4.69, 9.17) is 0 Å². The van der Waals surface area contributed by atoms with Crippen LogP contribution in [0.3, 0.4) is 0 Å². The zero-order valence-electron chi connectivity index (χ0n) is 12.1. The normalized spacial score (nSPS) is 17.2. The Morgan fingerprint density at radius 1 is 1.00 bits per heavy atom. The van der Waals surface area contributed by atoms with Crippen molar-refractivity contribution < 1.29 is 9.59 Å². The number of hydrogen-bond acceptors (Lipinski definition) is 2. The molecule has 0 aliphatic carbocycles. The molecule has 1 atom stereocenters. The number of fused-ring (bicyclic) bond motifs is 1. The smallest absolute Gasteiger partial charge is 0.255 e. The molecular formula is C18H17NO2. The van der Waals surface area contributed by atoms with Crippen LogP contribution in [0.4, 0.5) is 0 Å². The summed E-state index contributed by atoms with van der Waals surface area (Å²) >= 11 is 0. The van der Waals surface area contributed by atoms with Crippen LogP contribution in [0.5, 0.6) is 0 Å². The molecular weight excluding hydrogens is 262 g/mol. The average Bonchev–Trinajstić information content (AvgIpc) is 2.81. The van der Waals surface area contributed by atoms with Crippen LogP contribution in [0.1, 0.15) is 46.2 Å². The molecule has 3 heteroatoms. The lowest BCUT2D eigenvalue weighted by Gasteiger charge is -2.28. The van der Waals surface area contributed by atoms with Crippen molar-refractivity contribution in [3.8, 4) is 0 Å². The first-order valence-electron chi connectivity index (χ1n) is 7.12. The minimum Gasteiger partial charge on any atom is -0.322 e. The minimum atomic E-state index is -0.518. The summed E-state index contributed by atoms with van der Waals surface area (Å²) in [5.41, 5.74) is 2.09. The molecule has 1 heterocycles. The van der Waals surface area contributed by atoms with Gasteiger partial charge < -0.3 is 4.90 Å². The van der Waals surface area contributed by atoms with Crippen molar-refractivity contribution in [3.05, 3.63) is 71.3 Å². The number of carbonyl (C=O) groups is 2. The fourth-order valence-electron chi connectivity index (χ4n) is 2.90. The predicted molar refractivity (Wildman–Crippen MR) is 81.3 cm³/mol. The van der Waals surface area contributed by atoms with Gasteiger partial charge in [0, 0.05) is 17.2 Å². The molecule has 0 saturated heterocycles. The molecule has 106 valence electrons. The molecule has 0 radical (unpaired) electrons. The summed E-state index contributed by atoms with van der Waals surface area (Å²) in [6.07, 6.45) is 0. The highest BCUT2D eigenvalue weighted by molar-refractivity contribution is 6.10. The Balaban J connectivity index is 2.10. The van der Waals surface area contributed by atoms with Crippen LogP contribution in [0, 0.1) is 0 Å². The van der Waals surface area contributed by atoms with Crippen LogP contribution in [0.2, 0.25) is 0 Å². The molecule has 2 aromatic carbocycles. The summed E-state index contributed by atoms with van der Waals surface area (Å²) in [6, 6.07) is 16.0. The van der Waals surface area contributed by atoms with Gasteiger partial charge in [-0.1, -0.05) is 48.5 Å². The number of hydrogen-bond donors (Lipinski definition) is 0. The molecule has 0 bridgehead atoms. The van der Waals surface area contributed by atoms with Gasteiger partial charge in [-0.3, -0.25) is 9.59 Å². The second-order valence-electron chi connectivity index (χ2n) is 5.53. The number of nitrogens with zero attached hydrogens (tertiary/aromatic N) is 1. The van der Waals surface area contributed by atoms with Gasteiger partial charge in [0.05, 0.1) is 0 Å². The van der Waals surface area contributed by atoms with Gasteiger partial charge in [0.2, 0.25) is 0 Å². The fraction of sp³-hybridized carbons (Fsp3) is 0.222. The zero-order chi connectivity index (χ0) is 15.0. The van der Waals surface area contributed by atoms with Crippen LogP contribution in [0.15, 0.2) is 54.6 Å². The van der Waals surface area contributed by atoms with E-state index in [0.717, 1.165) is 5.56 Å². The molecule has 1 unspecified atom stereocenters.